The third kappa shape index (κ3) is 4.59. The van der Waals surface area contributed by atoms with E-state index in [-0.39, 0.29) is 11.8 Å². The molecule has 0 bridgehead atoms. The Balaban J connectivity index is 1.87. The van der Waals surface area contributed by atoms with Crippen molar-refractivity contribution in [3.8, 4) is 0 Å². The summed E-state index contributed by atoms with van der Waals surface area (Å²) in [5, 5.41) is 3.65. The Bertz CT molecular complexity index is 656. The van der Waals surface area contributed by atoms with Gasteiger partial charge >= 0.3 is 0 Å². The van der Waals surface area contributed by atoms with Crippen molar-refractivity contribution in [3.05, 3.63) is 33.8 Å². The van der Waals surface area contributed by atoms with Crippen LogP contribution in [-0.4, -0.2) is 44.5 Å². The molecule has 1 N–H and O–H groups in total. The van der Waals surface area contributed by atoms with E-state index in [0.29, 0.717) is 35.2 Å². The van der Waals surface area contributed by atoms with Gasteiger partial charge in [0.1, 0.15) is 0 Å². The topological polar surface area (TPSA) is 66.5 Å². The quantitative estimate of drug-likeness (QED) is 0.891. The van der Waals surface area contributed by atoms with Gasteiger partial charge in [-0.15, -0.1) is 0 Å². The molecule has 5 nitrogen and oxygen atoms in total. The van der Waals surface area contributed by atoms with Crippen molar-refractivity contribution in [2.75, 3.05) is 25.9 Å². The SMILES string of the molecule is CS(=O)(=O)N1CCC(CNC(=O)c2cc(Cl)ccc2Cl)CC1. The van der Waals surface area contributed by atoms with Crippen LogP contribution >= 0.6 is 23.2 Å². The highest BCUT2D eigenvalue weighted by molar-refractivity contribution is 7.88. The molecule has 0 radical (unpaired) electrons. The minimum atomic E-state index is -3.12. The predicted octanol–water partition coefficient (Wildman–Crippen LogP) is 2.39. The maximum absolute atomic E-state index is 12.1. The number of rotatable bonds is 4. The van der Waals surface area contributed by atoms with Gasteiger partial charge in [0, 0.05) is 24.7 Å². The number of carbonyl (C=O) groups excluding carboxylic acids is 1. The number of halogens is 2. The van der Waals surface area contributed by atoms with Crippen LogP contribution in [0.1, 0.15) is 23.2 Å². The Morgan fingerprint density at radius 3 is 2.55 bits per heavy atom. The number of nitrogens with one attached hydrogen (secondary N) is 1. The molecule has 1 aromatic rings. The fourth-order valence-corrected chi connectivity index (χ4v) is 3.70. The van der Waals surface area contributed by atoms with Crippen molar-refractivity contribution in [3.63, 3.8) is 0 Å². The van der Waals surface area contributed by atoms with Crippen LogP contribution in [-0.2, 0) is 10.0 Å². The second kappa shape index (κ2) is 7.17. The van der Waals surface area contributed by atoms with E-state index in [0.717, 1.165) is 12.8 Å². The molecule has 122 valence electrons. The first-order valence-corrected chi connectivity index (χ1v) is 9.56. The van der Waals surface area contributed by atoms with Crippen LogP contribution in [0.5, 0.6) is 0 Å². The third-order valence-corrected chi connectivity index (χ3v) is 5.63. The molecule has 1 aromatic carbocycles. The van der Waals surface area contributed by atoms with E-state index in [9.17, 15) is 13.2 Å². The van der Waals surface area contributed by atoms with Crippen molar-refractivity contribution in [1.29, 1.82) is 0 Å². The number of nitrogens with zero attached hydrogens (tertiary/aromatic N) is 1. The summed E-state index contributed by atoms with van der Waals surface area (Å²) in [5.41, 5.74) is 0.350. The molecule has 8 heteroatoms. The summed E-state index contributed by atoms with van der Waals surface area (Å²) in [6.45, 7) is 1.49. The second-order valence-corrected chi connectivity index (χ2v) is 8.27. The number of piperidine rings is 1. The van der Waals surface area contributed by atoms with Crippen molar-refractivity contribution in [2.24, 2.45) is 5.92 Å². The first-order valence-electron chi connectivity index (χ1n) is 6.96. The molecule has 1 aliphatic rings. The standard InChI is InChI=1S/C14H18Cl2N2O3S/c1-22(20,21)18-6-4-10(5-7-18)9-17-14(19)12-8-11(15)2-3-13(12)16/h2-3,8,10H,4-7,9H2,1H3,(H,17,19). The highest BCUT2D eigenvalue weighted by atomic mass is 35.5. The predicted molar refractivity (Wildman–Crippen MR) is 87.9 cm³/mol. The first kappa shape index (κ1) is 17.5. The Morgan fingerprint density at radius 1 is 1.32 bits per heavy atom. The van der Waals surface area contributed by atoms with E-state index in [1.54, 1.807) is 12.1 Å². The molecular weight excluding hydrogens is 347 g/mol. The van der Waals surface area contributed by atoms with Crippen LogP contribution in [0.2, 0.25) is 10.0 Å². The maximum Gasteiger partial charge on any atom is 0.252 e. The van der Waals surface area contributed by atoms with E-state index in [1.165, 1.54) is 16.6 Å². The number of sulfonamides is 1. The molecular formula is C14H18Cl2N2O3S. The zero-order valence-corrected chi connectivity index (χ0v) is 14.5. The summed E-state index contributed by atoms with van der Waals surface area (Å²) >= 11 is 11.9. The summed E-state index contributed by atoms with van der Waals surface area (Å²) in [4.78, 5) is 12.1. The normalized spacial score (nSPS) is 17.4. The van der Waals surface area contributed by atoms with Gasteiger partial charge in [0.2, 0.25) is 10.0 Å². The average molecular weight is 365 g/mol. The van der Waals surface area contributed by atoms with Crippen molar-refractivity contribution in [1.82, 2.24) is 9.62 Å². The molecule has 1 amide bonds. The molecule has 0 atom stereocenters. The van der Waals surface area contributed by atoms with Crippen molar-refractivity contribution >= 4 is 39.1 Å². The summed E-state index contributed by atoms with van der Waals surface area (Å²) < 4.78 is 24.4. The molecule has 0 saturated carbocycles. The summed E-state index contributed by atoms with van der Waals surface area (Å²) in [5.74, 6) is -0.00190. The van der Waals surface area contributed by atoms with Crippen LogP contribution in [0.3, 0.4) is 0 Å². The number of amides is 1. The van der Waals surface area contributed by atoms with Gasteiger partial charge in [-0.05, 0) is 37.0 Å². The lowest BCUT2D eigenvalue weighted by Crippen LogP contribution is -2.41. The Labute approximate surface area is 140 Å². The lowest BCUT2D eigenvalue weighted by Gasteiger charge is -2.30. The molecule has 0 aliphatic carbocycles. The van der Waals surface area contributed by atoms with E-state index in [1.807, 2.05) is 0 Å². The molecule has 1 heterocycles. The third-order valence-electron chi connectivity index (χ3n) is 3.77. The van der Waals surface area contributed by atoms with E-state index >= 15 is 0 Å². The van der Waals surface area contributed by atoms with Gasteiger partial charge in [-0.2, -0.15) is 0 Å². The highest BCUT2D eigenvalue weighted by Crippen LogP contribution is 2.21. The number of benzene rings is 1. The van der Waals surface area contributed by atoms with Crippen LogP contribution in [0.4, 0.5) is 0 Å². The van der Waals surface area contributed by atoms with Gasteiger partial charge in [-0.1, -0.05) is 23.2 Å². The van der Waals surface area contributed by atoms with Gasteiger partial charge in [0.15, 0.2) is 0 Å². The van der Waals surface area contributed by atoms with Gasteiger partial charge in [-0.3, -0.25) is 4.79 Å². The summed E-state index contributed by atoms with van der Waals surface area (Å²) in [6.07, 6.45) is 2.68. The lowest BCUT2D eigenvalue weighted by molar-refractivity contribution is 0.0941. The van der Waals surface area contributed by atoms with E-state index in [2.05, 4.69) is 5.32 Å². The maximum atomic E-state index is 12.1. The lowest BCUT2D eigenvalue weighted by atomic mass is 9.98. The number of hydrogen-bond donors (Lipinski definition) is 1. The van der Waals surface area contributed by atoms with Crippen molar-refractivity contribution in [2.45, 2.75) is 12.8 Å². The largest absolute Gasteiger partial charge is 0.352 e. The Hall–Kier alpha value is -0.820. The smallest absolute Gasteiger partial charge is 0.252 e. The van der Waals surface area contributed by atoms with Crippen LogP contribution in [0.25, 0.3) is 0 Å². The van der Waals surface area contributed by atoms with E-state index in [4.69, 9.17) is 23.2 Å². The molecule has 1 fully saturated rings. The zero-order chi connectivity index (χ0) is 16.3. The minimum Gasteiger partial charge on any atom is -0.352 e. The Kier molecular flexibility index (Phi) is 5.71. The minimum absolute atomic E-state index is 0.264. The van der Waals surface area contributed by atoms with E-state index < -0.39 is 10.0 Å². The molecule has 0 spiro atoms. The van der Waals surface area contributed by atoms with Crippen LogP contribution < -0.4 is 5.32 Å². The van der Waals surface area contributed by atoms with Gasteiger partial charge < -0.3 is 5.32 Å². The highest BCUT2D eigenvalue weighted by Gasteiger charge is 2.25. The Morgan fingerprint density at radius 2 is 1.95 bits per heavy atom. The number of carbonyl (C=O) groups is 1. The molecule has 0 aromatic heterocycles. The van der Waals surface area contributed by atoms with Crippen LogP contribution in [0.15, 0.2) is 18.2 Å². The molecule has 1 aliphatic heterocycles. The zero-order valence-electron chi connectivity index (χ0n) is 12.2. The molecule has 2 rings (SSSR count). The first-order chi connectivity index (χ1) is 10.3. The molecule has 22 heavy (non-hydrogen) atoms. The molecule has 0 unspecified atom stereocenters. The summed E-state index contributed by atoms with van der Waals surface area (Å²) in [6, 6.07) is 4.75. The fourth-order valence-electron chi connectivity index (χ4n) is 2.45. The monoisotopic (exact) mass is 364 g/mol. The fraction of sp³-hybridized carbons (Fsp3) is 0.500. The number of hydrogen-bond acceptors (Lipinski definition) is 3. The van der Waals surface area contributed by atoms with Gasteiger partial charge in [0.25, 0.3) is 5.91 Å². The molecule has 1 saturated heterocycles. The average Bonchev–Trinajstić information content (AvgIpc) is 2.47. The van der Waals surface area contributed by atoms with Gasteiger partial charge in [0.05, 0.1) is 16.8 Å². The van der Waals surface area contributed by atoms with Crippen molar-refractivity contribution < 1.29 is 13.2 Å². The second-order valence-electron chi connectivity index (χ2n) is 5.44. The van der Waals surface area contributed by atoms with Gasteiger partial charge in [-0.25, -0.2) is 12.7 Å². The van der Waals surface area contributed by atoms with Crippen LogP contribution in [0, 0.1) is 5.92 Å². The summed E-state index contributed by atoms with van der Waals surface area (Å²) in [7, 11) is -3.12.